The molecule has 0 atom stereocenters. The van der Waals surface area contributed by atoms with Crippen LogP contribution in [0.15, 0.2) is 57.7 Å². The van der Waals surface area contributed by atoms with Crippen LogP contribution in [0.1, 0.15) is 19.7 Å². The van der Waals surface area contributed by atoms with Gasteiger partial charge in [0.05, 0.1) is 23.0 Å². The van der Waals surface area contributed by atoms with Gasteiger partial charge in [0.15, 0.2) is 5.43 Å². The van der Waals surface area contributed by atoms with Gasteiger partial charge in [0.2, 0.25) is 0 Å². The van der Waals surface area contributed by atoms with E-state index >= 15 is 0 Å². The number of esters is 1. The number of fused-ring (bicyclic) bond motifs is 2. The third-order valence-corrected chi connectivity index (χ3v) is 4.67. The Balaban J connectivity index is 1.80. The predicted octanol–water partition coefficient (Wildman–Crippen LogP) is 3.94. The van der Waals surface area contributed by atoms with Gasteiger partial charge in [-0.15, -0.1) is 0 Å². The van der Waals surface area contributed by atoms with Crippen LogP contribution in [0, 0.1) is 0 Å². The Labute approximate surface area is 161 Å². The summed E-state index contributed by atoms with van der Waals surface area (Å²) >= 11 is 0. The number of carbonyl (C=O) groups is 1. The van der Waals surface area contributed by atoms with Crippen molar-refractivity contribution < 1.29 is 13.9 Å². The van der Waals surface area contributed by atoms with E-state index in [0.717, 1.165) is 16.6 Å². The molecule has 0 spiro atoms. The van der Waals surface area contributed by atoms with E-state index in [0.29, 0.717) is 35.7 Å². The Kier molecular flexibility index (Phi) is 4.69. The molecular formula is C22H20N2O4. The van der Waals surface area contributed by atoms with E-state index < -0.39 is 0 Å². The van der Waals surface area contributed by atoms with Gasteiger partial charge in [-0.2, -0.15) is 0 Å². The molecule has 0 N–H and O–H groups in total. The highest BCUT2D eigenvalue weighted by atomic mass is 16.5. The number of imidazole rings is 1. The lowest BCUT2D eigenvalue weighted by Crippen LogP contribution is -2.12. The maximum atomic E-state index is 12.4. The Morgan fingerprint density at radius 1 is 1.14 bits per heavy atom. The minimum absolute atomic E-state index is 0.0842. The summed E-state index contributed by atoms with van der Waals surface area (Å²) in [5, 5.41) is 0.555. The van der Waals surface area contributed by atoms with Crippen molar-refractivity contribution in [3.8, 4) is 11.3 Å². The van der Waals surface area contributed by atoms with Gasteiger partial charge in [0.25, 0.3) is 0 Å². The van der Waals surface area contributed by atoms with Gasteiger partial charge in [-0.1, -0.05) is 12.1 Å². The number of para-hydroxylation sites is 1. The number of carbonyl (C=O) groups excluding carboxylic acids is 1. The van der Waals surface area contributed by atoms with E-state index in [1.54, 1.807) is 19.1 Å². The molecule has 2 heterocycles. The topological polar surface area (TPSA) is 74.3 Å². The van der Waals surface area contributed by atoms with Crippen molar-refractivity contribution >= 4 is 28.0 Å². The average Bonchev–Trinajstić information content (AvgIpc) is 3.04. The van der Waals surface area contributed by atoms with Crippen molar-refractivity contribution in [3.63, 3.8) is 0 Å². The number of hydrogen-bond donors (Lipinski definition) is 0. The molecule has 6 heteroatoms. The lowest BCUT2D eigenvalue weighted by Gasteiger charge is -2.06. The molecule has 6 nitrogen and oxygen atoms in total. The summed E-state index contributed by atoms with van der Waals surface area (Å²) in [6.45, 7) is 4.82. The molecule has 2 aromatic carbocycles. The second kappa shape index (κ2) is 7.31. The van der Waals surface area contributed by atoms with Crippen molar-refractivity contribution in [1.29, 1.82) is 0 Å². The van der Waals surface area contributed by atoms with E-state index in [1.165, 1.54) is 6.07 Å². The molecule has 0 aliphatic rings. The van der Waals surface area contributed by atoms with Crippen molar-refractivity contribution in [2.45, 2.75) is 26.8 Å². The Hall–Kier alpha value is -3.41. The Bertz CT molecular complexity index is 1240. The molecule has 0 aliphatic carbocycles. The van der Waals surface area contributed by atoms with Crippen LogP contribution in [-0.4, -0.2) is 22.1 Å². The monoisotopic (exact) mass is 376 g/mol. The zero-order valence-electron chi connectivity index (χ0n) is 15.8. The molecular weight excluding hydrogens is 356 g/mol. The van der Waals surface area contributed by atoms with Gasteiger partial charge < -0.3 is 13.7 Å². The van der Waals surface area contributed by atoms with Crippen LogP contribution in [-0.2, 0) is 22.5 Å². The smallest absolute Gasteiger partial charge is 0.313 e. The van der Waals surface area contributed by atoms with Crippen molar-refractivity contribution in [2.24, 2.45) is 0 Å². The van der Waals surface area contributed by atoms with Crippen LogP contribution in [0.25, 0.3) is 33.3 Å². The van der Waals surface area contributed by atoms with Crippen LogP contribution in [0.2, 0.25) is 0 Å². The normalized spacial score (nSPS) is 11.2. The predicted molar refractivity (Wildman–Crippen MR) is 107 cm³/mol. The molecule has 0 saturated heterocycles. The van der Waals surface area contributed by atoms with Gasteiger partial charge in [-0.05, 0) is 44.2 Å². The molecule has 0 fully saturated rings. The van der Waals surface area contributed by atoms with Crippen LogP contribution < -0.4 is 5.43 Å². The van der Waals surface area contributed by atoms with Crippen molar-refractivity contribution in [3.05, 3.63) is 64.6 Å². The molecule has 142 valence electrons. The van der Waals surface area contributed by atoms with E-state index in [9.17, 15) is 9.59 Å². The quantitative estimate of drug-likeness (QED) is 0.493. The zero-order chi connectivity index (χ0) is 19.7. The minimum Gasteiger partial charge on any atom is -0.466 e. The standard InChI is InChI=1S/C22H20N2O4/c1-3-24-17-10-9-14(11-16(17)23-21(24)13-22(26)27-4-2)20-12-18(25)15-7-5-6-8-19(15)28-20/h5-12H,3-4,13H2,1-2H3. The highest BCUT2D eigenvalue weighted by Crippen LogP contribution is 2.26. The van der Waals surface area contributed by atoms with E-state index in [-0.39, 0.29) is 17.8 Å². The third-order valence-electron chi connectivity index (χ3n) is 4.67. The molecule has 0 aliphatic heterocycles. The van der Waals surface area contributed by atoms with Crippen molar-refractivity contribution in [2.75, 3.05) is 6.61 Å². The van der Waals surface area contributed by atoms with E-state index in [4.69, 9.17) is 9.15 Å². The molecule has 0 unspecified atom stereocenters. The summed E-state index contributed by atoms with van der Waals surface area (Å²) in [7, 11) is 0. The first-order chi connectivity index (χ1) is 13.6. The molecule has 0 radical (unpaired) electrons. The number of hydrogen-bond acceptors (Lipinski definition) is 5. The fourth-order valence-corrected chi connectivity index (χ4v) is 3.41. The molecule has 0 amide bonds. The van der Waals surface area contributed by atoms with Gasteiger partial charge in [-0.3, -0.25) is 9.59 Å². The first kappa shape index (κ1) is 18.0. The highest BCUT2D eigenvalue weighted by Gasteiger charge is 2.15. The Morgan fingerprint density at radius 3 is 2.75 bits per heavy atom. The maximum absolute atomic E-state index is 12.4. The fourth-order valence-electron chi connectivity index (χ4n) is 3.41. The summed E-state index contributed by atoms with van der Waals surface area (Å²) in [4.78, 5) is 28.9. The Morgan fingerprint density at radius 2 is 1.96 bits per heavy atom. The molecule has 2 aromatic heterocycles. The molecule has 0 bridgehead atoms. The van der Waals surface area contributed by atoms with E-state index in [1.807, 2.05) is 41.8 Å². The van der Waals surface area contributed by atoms with Gasteiger partial charge >= 0.3 is 5.97 Å². The lowest BCUT2D eigenvalue weighted by molar-refractivity contribution is -0.142. The molecule has 4 aromatic rings. The number of benzene rings is 2. The van der Waals surface area contributed by atoms with Crippen LogP contribution in [0.5, 0.6) is 0 Å². The average molecular weight is 376 g/mol. The summed E-state index contributed by atoms with van der Waals surface area (Å²) in [5.74, 6) is 0.852. The maximum Gasteiger partial charge on any atom is 0.313 e. The van der Waals surface area contributed by atoms with Crippen molar-refractivity contribution in [1.82, 2.24) is 9.55 Å². The van der Waals surface area contributed by atoms with E-state index in [2.05, 4.69) is 4.98 Å². The summed E-state index contributed by atoms with van der Waals surface area (Å²) in [5.41, 5.74) is 2.90. The number of aryl methyl sites for hydroxylation is 1. The fraction of sp³-hybridized carbons (Fsp3) is 0.227. The number of nitrogens with zero attached hydrogens (tertiary/aromatic N) is 2. The zero-order valence-corrected chi connectivity index (χ0v) is 15.8. The van der Waals surface area contributed by atoms with Gasteiger partial charge in [-0.25, -0.2) is 4.98 Å². The second-order valence-corrected chi connectivity index (χ2v) is 6.43. The highest BCUT2D eigenvalue weighted by molar-refractivity contribution is 5.84. The number of aromatic nitrogens is 2. The summed E-state index contributed by atoms with van der Waals surface area (Å²) in [6.07, 6.45) is 0.122. The first-order valence-corrected chi connectivity index (χ1v) is 9.28. The van der Waals surface area contributed by atoms with Crippen LogP contribution in [0.4, 0.5) is 0 Å². The summed E-state index contributed by atoms with van der Waals surface area (Å²) < 4.78 is 13.0. The largest absolute Gasteiger partial charge is 0.466 e. The molecule has 28 heavy (non-hydrogen) atoms. The summed E-state index contributed by atoms with van der Waals surface area (Å²) in [6, 6.07) is 14.4. The third kappa shape index (κ3) is 3.17. The SMILES string of the molecule is CCOC(=O)Cc1nc2cc(-c3cc(=O)c4ccccc4o3)ccc2n1CC. The van der Waals surface area contributed by atoms with Crippen LogP contribution in [0.3, 0.4) is 0 Å². The van der Waals surface area contributed by atoms with Gasteiger partial charge in [0.1, 0.15) is 23.6 Å². The van der Waals surface area contributed by atoms with Gasteiger partial charge in [0, 0.05) is 18.2 Å². The molecule has 0 saturated carbocycles. The lowest BCUT2D eigenvalue weighted by atomic mass is 10.1. The first-order valence-electron chi connectivity index (χ1n) is 9.28. The van der Waals surface area contributed by atoms with Crippen LogP contribution >= 0.6 is 0 Å². The number of rotatable bonds is 5. The second-order valence-electron chi connectivity index (χ2n) is 6.43. The number of ether oxygens (including phenoxy) is 1. The molecule has 4 rings (SSSR count). The minimum atomic E-state index is -0.298.